The third-order valence-corrected chi connectivity index (χ3v) is 4.59. The van der Waals surface area contributed by atoms with Crippen LogP contribution in [0.1, 0.15) is 28.9 Å². The lowest BCUT2D eigenvalue weighted by molar-refractivity contribution is 0.0743. The second kappa shape index (κ2) is 6.68. The summed E-state index contributed by atoms with van der Waals surface area (Å²) in [5.74, 6) is 0.255. The van der Waals surface area contributed by atoms with Crippen LogP contribution in [0.25, 0.3) is 16.6 Å². The smallest absolute Gasteiger partial charge is 0.274 e. The highest BCUT2D eigenvalue weighted by molar-refractivity contribution is 5.93. The van der Waals surface area contributed by atoms with Crippen LogP contribution in [0.15, 0.2) is 53.5 Å². The standard InChI is InChI=1S/C20H19N5O2/c1-3-24(12-17-21-15-9-5-4-8-14(15)19(26)23-17)20(27)16-11-25-13(2)7-6-10-18(25)22-16/h4-11H,3,12H2,1-2H3,(H,21,23,26). The summed E-state index contributed by atoms with van der Waals surface area (Å²) >= 11 is 0. The number of benzene rings is 1. The summed E-state index contributed by atoms with van der Waals surface area (Å²) in [5.41, 5.74) is 2.51. The van der Waals surface area contributed by atoms with E-state index in [4.69, 9.17) is 0 Å². The SMILES string of the molecule is CCN(Cc1nc2ccccc2c(=O)[nH]1)C(=O)c1cn2c(C)cccc2n1. The summed E-state index contributed by atoms with van der Waals surface area (Å²) in [5, 5.41) is 0.534. The fraction of sp³-hybridized carbons (Fsp3) is 0.200. The van der Waals surface area contributed by atoms with Crippen molar-refractivity contribution in [3.05, 3.63) is 76.2 Å². The predicted octanol–water partition coefficient (Wildman–Crippen LogP) is 2.54. The third-order valence-electron chi connectivity index (χ3n) is 4.59. The number of carbonyl (C=O) groups is 1. The van der Waals surface area contributed by atoms with E-state index < -0.39 is 0 Å². The number of para-hydroxylation sites is 1. The summed E-state index contributed by atoms with van der Waals surface area (Å²) in [7, 11) is 0. The molecular weight excluding hydrogens is 342 g/mol. The van der Waals surface area contributed by atoms with E-state index in [1.807, 2.05) is 42.5 Å². The second-order valence-corrected chi connectivity index (χ2v) is 6.37. The van der Waals surface area contributed by atoms with Gasteiger partial charge in [-0.25, -0.2) is 9.97 Å². The van der Waals surface area contributed by atoms with E-state index in [1.165, 1.54) is 0 Å². The molecule has 0 saturated heterocycles. The molecular formula is C20H19N5O2. The van der Waals surface area contributed by atoms with Gasteiger partial charge in [0, 0.05) is 18.4 Å². The maximum absolute atomic E-state index is 12.9. The lowest BCUT2D eigenvalue weighted by atomic mass is 10.2. The van der Waals surface area contributed by atoms with E-state index in [1.54, 1.807) is 29.3 Å². The molecule has 7 heteroatoms. The Morgan fingerprint density at radius 1 is 1.15 bits per heavy atom. The van der Waals surface area contributed by atoms with Gasteiger partial charge >= 0.3 is 0 Å². The largest absolute Gasteiger partial charge is 0.330 e. The van der Waals surface area contributed by atoms with Gasteiger partial charge in [-0.2, -0.15) is 0 Å². The summed E-state index contributed by atoms with van der Waals surface area (Å²) in [6, 6.07) is 12.9. The zero-order valence-electron chi connectivity index (χ0n) is 15.1. The molecule has 27 heavy (non-hydrogen) atoms. The van der Waals surface area contributed by atoms with Crippen molar-refractivity contribution in [2.75, 3.05) is 6.54 Å². The highest BCUT2D eigenvalue weighted by Gasteiger charge is 2.19. The van der Waals surface area contributed by atoms with Crippen LogP contribution in [-0.2, 0) is 6.54 Å². The first kappa shape index (κ1) is 17.0. The average molecular weight is 361 g/mol. The molecule has 0 aliphatic rings. The summed E-state index contributed by atoms with van der Waals surface area (Å²) in [6.45, 7) is 4.53. The number of fused-ring (bicyclic) bond motifs is 2. The molecule has 7 nitrogen and oxygen atoms in total. The first-order chi connectivity index (χ1) is 13.1. The van der Waals surface area contributed by atoms with Crippen molar-refractivity contribution in [2.45, 2.75) is 20.4 Å². The van der Waals surface area contributed by atoms with Crippen LogP contribution >= 0.6 is 0 Å². The molecule has 0 aliphatic heterocycles. The third kappa shape index (κ3) is 3.08. The van der Waals surface area contributed by atoms with Crippen molar-refractivity contribution in [3.63, 3.8) is 0 Å². The van der Waals surface area contributed by atoms with Crippen LogP contribution < -0.4 is 5.56 Å². The maximum atomic E-state index is 12.9. The van der Waals surface area contributed by atoms with Crippen LogP contribution in [0.4, 0.5) is 0 Å². The van der Waals surface area contributed by atoms with Crippen LogP contribution in [0.5, 0.6) is 0 Å². The van der Waals surface area contributed by atoms with E-state index in [0.717, 1.165) is 11.3 Å². The minimum absolute atomic E-state index is 0.198. The van der Waals surface area contributed by atoms with Crippen LogP contribution in [-0.4, -0.2) is 36.7 Å². The molecule has 0 aliphatic carbocycles. The molecule has 136 valence electrons. The van der Waals surface area contributed by atoms with Crippen molar-refractivity contribution in [1.29, 1.82) is 0 Å². The molecule has 1 aromatic carbocycles. The molecule has 0 radical (unpaired) electrons. The average Bonchev–Trinajstić information content (AvgIpc) is 3.11. The number of aryl methyl sites for hydroxylation is 1. The Labute approximate surface area is 155 Å². The van der Waals surface area contributed by atoms with Gasteiger partial charge in [0.1, 0.15) is 17.2 Å². The van der Waals surface area contributed by atoms with E-state index >= 15 is 0 Å². The molecule has 4 aromatic rings. The topological polar surface area (TPSA) is 83.4 Å². The number of aromatic nitrogens is 4. The number of carbonyl (C=O) groups excluding carboxylic acids is 1. The molecule has 1 amide bonds. The van der Waals surface area contributed by atoms with Crippen molar-refractivity contribution in [2.24, 2.45) is 0 Å². The van der Waals surface area contributed by atoms with Gasteiger partial charge in [-0.15, -0.1) is 0 Å². The number of aromatic amines is 1. The first-order valence-electron chi connectivity index (χ1n) is 8.78. The first-order valence-corrected chi connectivity index (χ1v) is 8.78. The lowest BCUT2D eigenvalue weighted by Gasteiger charge is -2.19. The van der Waals surface area contributed by atoms with Crippen molar-refractivity contribution in [3.8, 4) is 0 Å². The van der Waals surface area contributed by atoms with Gasteiger partial charge in [-0.05, 0) is 38.1 Å². The fourth-order valence-corrected chi connectivity index (χ4v) is 3.13. The van der Waals surface area contributed by atoms with Crippen molar-refractivity contribution in [1.82, 2.24) is 24.3 Å². The minimum Gasteiger partial charge on any atom is -0.330 e. The summed E-state index contributed by atoms with van der Waals surface area (Å²) in [4.78, 5) is 38.5. The van der Waals surface area contributed by atoms with Gasteiger partial charge in [0.15, 0.2) is 0 Å². The number of pyridine rings is 1. The molecule has 4 rings (SSSR count). The molecule has 0 saturated carbocycles. The normalized spacial score (nSPS) is 11.2. The van der Waals surface area contributed by atoms with E-state index in [0.29, 0.717) is 29.0 Å². The zero-order chi connectivity index (χ0) is 19.0. The number of nitrogens with one attached hydrogen (secondary N) is 1. The quantitative estimate of drug-likeness (QED) is 0.605. The Morgan fingerprint density at radius 3 is 2.74 bits per heavy atom. The highest BCUT2D eigenvalue weighted by Crippen LogP contribution is 2.12. The van der Waals surface area contributed by atoms with Gasteiger partial charge in [0.25, 0.3) is 11.5 Å². The summed E-state index contributed by atoms with van der Waals surface area (Å²) in [6.07, 6.45) is 1.74. The van der Waals surface area contributed by atoms with E-state index in [-0.39, 0.29) is 18.0 Å². The predicted molar refractivity (Wildman–Crippen MR) is 103 cm³/mol. The van der Waals surface area contributed by atoms with Crippen LogP contribution in [0.2, 0.25) is 0 Å². The number of hydrogen-bond donors (Lipinski definition) is 1. The van der Waals surface area contributed by atoms with Crippen molar-refractivity contribution < 1.29 is 4.79 Å². The number of rotatable bonds is 4. The molecule has 0 bridgehead atoms. The van der Waals surface area contributed by atoms with Gasteiger partial charge in [-0.3, -0.25) is 9.59 Å². The number of hydrogen-bond acceptors (Lipinski definition) is 4. The monoisotopic (exact) mass is 361 g/mol. The molecule has 0 unspecified atom stereocenters. The Bertz CT molecular complexity index is 1210. The maximum Gasteiger partial charge on any atom is 0.274 e. The molecule has 0 fully saturated rings. The number of amides is 1. The fourth-order valence-electron chi connectivity index (χ4n) is 3.13. The summed E-state index contributed by atoms with van der Waals surface area (Å²) < 4.78 is 1.89. The van der Waals surface area contributed by atoms with E-state index in [2.05, 4.69) is 15.0 Å². The number of H-pyrrole nitrogens is 1. The Morgan fingerprint density at radius 2 is 1.96 bits per heavy atom. The highest BCUT2D eigenvalue weighted by atomic mass is 16.2. The van der Waals surface area contributed by atoms with Crippen LogP contribution in [0, 0.1) is 6.92 Å². The second-order valence-electron chi connectivity index (χ2n) is 6.37. The molecule has 3 aromatic heterocycles. The molecule has 0 atom stereocenters. The number of imidazole rings is 1. The Kier molecular flexibility index (Phi) is 4.19. The zero-order valence-corrected chi connectivity index (χ0v) is 15.1. The minimum atomic E-state index is -0.206. The Hall–Kier alpha value is -3.48. The van der Waals surface area contributed by atoms with Gasteiger partial charge in [0.2, 0.25) is 0 Å². The van der Waals surface area contributed by atoms with Crippen LogP contribution in [0.3, 0.4) is 0 Å². The molecule has 3 heterocycles. The number of nitrogens with zero attached hydrogens (tertiary/aromatic N) is 4. The molecule has 1 N–H and O–H groups in total. The van der Waals surface area contributed by atoms with E-state index in [9.17, 15) is 9.59 Å². The van der Waals surface area contributed by atoms with Gasteiger partial charge in [0.05, 0.1) is 17.4 Å². The van der Waals surface area contributed by atoms with Gasteiger partial charge in [-0.1, -0.05) is 18.2 Å². The molecule has 0 spiro atoms. The Balaban J connectivity index is 1.66. The van der Waals surface area contributed by atoms with Gasteiger partial charge < -0.3 is 14.3 Å². The lowest BCUT2D eigenvalue weighted by Crippen LogP contribution is -2.32. The van der Waals surface area contributed by atoms with Crippen molar-refractivity contribution >= 4 is 22.5 Å².